The number of carbonyl (C=O) groups excluding carboxylic acids is 2. The van der Waals surface area contributed by atoms with Crippen LogP contribution >= 0.6 is 0 Å². The molecule has 1 unspecified atom stereocenters. The van der Waals surface area contributed by atoms with E-state index in [-0.39, 0.29) is 36.5 Å². The van der Waals surface area contributed by atoms with Crippen LogP contribution in [0.4, 0.5) is 4.39 Å². The molecule has 1 aliphatic rings. The number of oxazole rings is 1. The van der Waals surface area contributed by atoms with E-state index in [1.807, 2.05) is 6.92 Å². The Hall–Kier alpha value is -2.82. The van der Waals surface area contributed by atoms with Crippen LogP contribution < -0.4 is 5.32 Å². The van der Waals surface area contributed by atoms with E-state index in [1.54, 1.807) is 12.1 Å². The number of amides is 1. The molecule has 2 heterocycles. The Morgan fingerprint density at radius 2 is 1.91 bits per heavy atom. The summed E-state index contributed by atoms with van der Waals surface area (Å²) in [6.07, 6.45) is 1.72. The van der Waals surface area contributed by atoms with E-state index >= 15 is 0 Å². The van der Waals surface area contributed by atoms with E-state index in [1.165, 1.54) is 18.4 Å². The van der Waals surface area contributed by atoms with Crippen LogP contribution in [0.3, 0.4) is 0 Å². The average molecular weight is 463 g/mol. The molecule has 1 amide bonds. The number of ether oxygens (including phenoxy) is 1. The number of aliphatic hydroxyl groups excluding tert-OH is 1. The summed E-state index contributed by atoms with van der Waals surface area (Å²) in [6.45, 7) is 6.15. The summed E-state index contributed by atoms with van der Waals surface area (Å²) >= 11 is 0. The monoisotopic (exact) mass is 462 g/mol. The highest BCUT2D eigenvalue weighted by Gasteiger charge is 2.22. The van der Waals surface area contributed by atoms with Crippen molar-refractivity contribution in [3.05, 3.63) is 53.5 Å². The molecule has 0 radical (unpaired) electrons. The quantitative estimate of drug-likeness (QED) is 0.485. The number of hydrogen-bond donors (Lipinski definition) is 2. The number of nitrogens with zero attached hydrogens (tertiary/aromatic N) is 3. The van der Waals surface area contributed by atoms with Crippen LogP contribution in [0.5, 0.6) is 0 Å². The van der Waals surface area contributed by atoms with Gasteiger partial charge in [-0.3, -0.25) is 19.4 Å². The molecule has 33 heavy (non-hydrogen) atoms. The van der Waals surface area contributed by atoms with Crippen molar-refractivity contribution in [2.75, 3.05) is 39.3 Å². The first-order valence-electron chi connectivity index (χ1n) is 11.2. The second-order valence-electron chi connectivity index (χ2n) is 8.10. The van der Waals surface area contributed by atoms with Crippen molar-refractivity contribution in [1.29, 1.82) is 0 Å². The Labute approximate surface area is 192 Å². The summed E-state index contributed by atoms with van der Waals surface area (Å²) in [5, 5.41) is 12.8. The molecule has 3 rings (SSSR count). The lowest BCUT2D eigenvalue weighted by Crippen LogP contribution is -2.48. The van der Waals surface area contributed by atoms with Crippen molar-refractivity contribution < 1.29 is 28.2 Å². The molecule has 0 spiro atoms. The van der Waals surface area contributed by atoms with Crippen LogP contribution in [0.2, 0.25) is 0 Å². The van der Waals surface area contributed by atoms with Crippen LogP contribution in [0.1, 0.15) is 41.7 Å². The van der Waals surface area contributed by atoms with Crippen LogP contribution in [0.15, 0.2) is 34.9 Å². The van der Waals surface area contributed by atoms with Crippen LogP contribution in [-0.4, -0.2) is 77.2 Å². The fraction of sp³-hybridized carbons (Fsp3) is 0.522. The molecule has 10 heteroatoms. The van der Waals surface area contributed by atoms with Gasteiger partial charge in [0.25, 0.3) is 5.91 Å². The Kier molecular flexibility index (Phi) is 9.35. The van der Waals surface area contributed by atoms with E-state index in [4.69, 9.17) is 9.15 Å². The third-order valence-corrected chi connectivity index (χ3v) is 5.33. The van der Waals surface area contributed by atoms with E-state index in [0.29, 0.717) is 25.4 Å². The molecule has 0 saturated carbocycles. The Morgan fingerprint density at radius 3 is 2.61 bits per heavy atom. The van der Waals surface area contributed by atoms with Crippen LogP contribution in [0, 0.1) is 5.82 Å². The molecule has 0 aliphatic carbocycles. The minimum atomic E-state index is -0.708. The maximum absolute atomic E-state index is 13.0. The molecule has 1 saturated heterocycles. The first-order chi connectivity index (χ1) is 15.9. The minimum absolute atomic E-state index is 0.0152. The van der Waals surface area contributed by atoms with Gasteiger partial charge in [-0.05, 0) is 24.1 Å². The SMILES string of the molecule is CCCC(=O)OCC(O)CN1CCN(Cc2nc(C(=O)NCc3ccc(F)cc3)co2)CC1. The maximum Gasteiger partial charge on any atom is 0.305 e. The fourth-order valence-electron chi connectivity index (χ4n) is 3.50. The molecule has 1 aliphatic heterocycles. The molecule has 1 aromatic heterocycles. The standard InChI is InChI=1S/C23H31FN4O5/c1-2-3-22(30)33-15-19(29)13-27-8-10-28(11-9-27)14-21-26-20(16-32-21)23(31)25-12-17-4-6-18(24)7-5-17/h4-7,16,19,29H,2-3,8-15H2,1H3,(H,25,31). The molecular weight excluding hydrogens is 431 g/mol. The van der Waals surface area contributed by atoms with Crippen molar-refractivity contribution in [3.8, 4) is 0 Å². The van der Waals surface area contributed by atoms with Gasteiger partial charge < -0.3 is 19.6 Å². The van der Waals surface area contributed by atoms with Gasteiger partial charge in [0, 0.05) is 45.7 Å². The van der Waals surface area contributed by atoms with E-state index in [9.17, 15) is 19.1 Å². The lowest BCUT2D eigenvalue weighted by atomic mass is 10.2. The number of benzene rings is 1. The van der Waals surface area contributed by atoms with Gasteiger partial charge in [-0.2, -0.15) is 0 Å². The number of esters is 1. The second kappa shape index (κ2) is 12.4. The highest BCUT2D eigenvalue weighted by molar-refractivity contribution is 5.91. The predicted molar refractivity (Wildman–Crippen MR) is 118 cm³/mol. The van der Waals surface area contributed by atoms with Gasteiger partial charge in [0.05, 0.1) is 6.54 Å². The molecule has 0 bridgehead atoms. The molecule has 2 aromatic rings. The number of rotatable bonds is 11. The Balaban J connectivity index is 1.36. The topological polar surface area (TPSA) is 108 Å². The molecule has 1 aromatic carbocycles. The highest BCUT2D eigenvalue weighted by Crippen LogP contribution is 2.10. The zero-order chi connectivity index (χ0) is 23.6. The van der Waals surface area contributed by atoms with Gasteiger partial charge in [-0.15, -0.1) is 0 Å². The third-order valence-electron chi connectivity index (χ3n) is 5.33. The molecular formula is C23H31FN4O5. The molecule has 1 fully saturated rings. The smallest absolute Gasteiger partial charge is 0.305 e. The number of β-amino-alcohol motifs (C(OH)–C–C–N with tert-alkyl or cyclic N) is 1. The van der Waals surface area contributed by atoms with Crippen molar-refractivity contribution in [2.24, 2.45) is 0 Å². The zero-order valence-electron chi connectivity index (χ0n) is 18.8. The van der Waals surface area contributed by atoms with E-state index < -0.39 is 6.10 Å². The number of piperazine rings is 1. The largest absolute Gasteiger partial charge is 0.463 e. The van der Waals surface area contributed by atoms with Gasteiger partial charge in [0.15, 0.2) is 5.69 Å². The number of carbonyl (C=O) groups is 2. The summed E-state index contributed by atoms with van der Waals surface area (Å²) in [4.78, 5) is 32.2. The van der Waals surface area contributed by atoms with Crippen molar-refractivity contribution >= 4 is 11.9 Å². The maximum atomic E-state index is 13.0. The van der Waals surface area contributed by atoms with Crippen LogP contribution in [0.25, 0.3) is 0 Å². The fourth-order valence-corrected chi connectivity index (χ4v) is 3.50. The van der Waals surface area contributed by atoms with Crippen molar-refractivity contribution in [3.63, 3.8) is 0 Å². The molecule has 180 valence electrons. The normalized spacial score (nSPS) is 15.8. The molecule has 2 N–H and O–H groups in total. The summed E-state index contributed by atoms with van der Waals surface area (Å²) in [5.74, 6) is -0.502. The number of nitrogens with one attached hydrogen (secondary N) is 1. The lowest BCUT2D eigenvalue weighted by Gasteiger charge is -2.34. The second-order valence-corrected chi connectivity index (χ2v) is 8.10. The number of hydrogen-bond acceptors (Lipinski definition) is 8. The van der Waals surface area contributed by atoms with Gasteiger partial charge in [-0.1, -0.05) is 19.1 Å². The van der Waals surface area contributed by atoms with Crippen molar-refractivity contribution in [2.45, 2.75) is 39.0 Å². The summed E-state index contributed by atoms with van der Waals surface area (Å²) in [7, 11) is 0. The average Bonchev–Trinajstić information content (AvgIpc) is 3.27. The predicted octanol–water partition coefficient (Wildman–Crippen LogP) is 1.57. The van der Waals surface area contributed by atoms with Gasteiger partial charge >= 0.3 is 5.97 Å². The van der Waals surface area contributed by atoms with Crippen molar-refractivity contribution in [1.82, 2.24) is 20.1 Å². The first kappa shape index (κ1) is 24.8. The summed E-state index contributed by atoms with van der Waals surface area (Å²) in [6, 6.07) is 5.92. The third kappa shape index (κ3) is 8.23. The minimum Gasteiger partial charge on any atom is -0.463 e. The van der Waals surface area contributed by atoms with Gasteiger partial charge in [-0.25, -0.2) is 9.37 Å². The van der Waals surface area contributed by atoms with Gasteiger partial charge in [0.2, 0.25) is 5.89 Å². The Bertz CT molecular complexity index is 897. The zero-order valence-corrected chi connectivity index (χ0v) is 18.8. The Morgan fingerprint density at radius 1 is 1.21 bits per heavy atom. The van der Waals surface area contributed by atoms with E-state index in [0.717, 1.165) is 38.2 Å². The van der Waals surface area contributed by atoms with E-state index in [2.05, 4.69) is 20.1 Å². The highest BCUT2D eigenvalue weighted by atomic mass is 19.1. The summed E-state index contributed by atoms with van der Waals surface area (Å²) in [5.41, 5.74) is 0.988. The number of aliphatic hydroxyl groups is 1. The molecule has 9 nitrogen and oxygen atoms in total. The molecule has 1 atom stereocenters. The first-order valence-corrected chi connectivity index (χ1v) is 11.2. The lowest BCUT2D eigenvalue weighted by molar-refractivity contribution is -0.147. The number of halogens is 1. The van der Waals surface area contributed by atoms with Gasteiger partial charge in [0.1, 0.15) is 24.8 Å². The number of aromatic nitrogens is 1. The summed E-state index contributed by atoms with van der Waals surface area (Å²) < 4.78 is 23.5. The van der Waals surface area contributed by atoms with Crippen LogP contribution in [-0.2, 0) is 22.6 Å².